The van der Waals surface area contributed by atoms with Crippen molar-refractivity contribution in [2.75, 3.05) is 27.3 Å². The van der Waals surface area contributed by atoms with Gasteiger partial charge in [0.15, 0.2) is 0 Å². The predicted molar refractivity (Wildman–Crippen MR) is 197 cm³/mol. The van der Waals surface area contributed by atoms with Crippen molar-refractivity contribution in [3.05, 3.63) is 34.4 Å². The van der Waals surface area contributed by atoms with Gasteiger partial charge in [0.2, 0.25) is 11.8 Å². The Bertz CT molecular complexity index is 1600. The zero-order valence-electron chi connectivity index (χ0n) is 32.8. The Morgan fingerprint density at radius 1 is 0.811 bits per heavy atom. The quantitative estimate of drug-likeness (QED) is 0.229. The van der Waals surface area contributed by atoms with E-state index in [1.54, 1.807) is 25.7 Å². The lowest BCUT2D eigenvalue weighted by Gasteiger charge is -2.36. The molecule has 1 aromatic rings. The molecule has 296 valence electrons. The number of non-ortho nitro benzene ring substituents is 1. The molecule has 2 saturated carbocycles. The Kier molecular flexibility index (Phi) is 12.3. The van der Waals surface area contributed by atoms with Crippen molar-refractivity contribution < 1.29 is 43.1 Å². The number of carbonyl (C=O) groups is 5. The van der Waals surface area contributed by atoms with E-state index in [1.807, 2.05) is 20.8 Å². The summed E-state index contributed by atoms with van der Waals surface area (Å²) in [4.78, 5) is 76.5. The lowest BCUT2D eigenvalue weighted by Crippen LogP contribution is -2.58. The normalized spacial score (nSPS) is 26.9. The van der Waals surface area contributed by atoms with Gasteiger partial charge in [-0.3, -0.25) is 19.7 Å². The maximum Gasteiger partial charge on any atom is 0.413 e. The second-order valence-corrected chi connectivity index (χ2v) is 17.8. The van der Waals surface area contributed by atoms with Crippen LogP contribution >= 0.6 is 12.4 Å². The molecule has 4 aliphatic rings. The summed E-state index contributed by atoms with van der Waals surface area (Å²) in [5.41, 5.74) is 5.00. The molecule has 3 N–H and O–H groups in total. The molecule has 0 aromatic heterocycles. The smallest absolute Gasteiger partial charge is 0.413 e. The lowest BCUT2D eigenvalue weighted by molar-refractivity contribution is -0.384. The van der Waals surface area contributed by atoms with Crippen molar-refractivity contribution in [1.29, 1.82) is 0 Å². The van der Waals surface area contributed by atoms with Crippen molar-refractivity contribution in [2.24, 2.45) is 51.1 Å². The molecule has 53 heavy (non-hydrogen) atoms. The van der Waals surface area contributed by atoms with E-state index in [2.05, 4.69) is 33.0 Å². The van der Waals surface area contributed by atoms with Gasteiger partial charge < -0.3 is 35.1 Å². The molecule has 0 bridgehead atoms. The Labute approximate surface area is 317 Å². The molecule has 2 saturated heterocycles. The third-order valence-electron chi connectivity index (χ3n) is 11.7. The monoisotopic (exact) mass is 765 g/mol. The number of benzene rings is 1. The first-order valence-corrected chi connectivity index (χ1v) is 17.6. The fraction of sp³-hybridized carbons (Fsp3) is 0.703. The van der Waals surface area contributed by atoms with Crippen LogP contribution in [0.1, 0.15) is 69.2 Å². The van der Waals surface area contributed by atoms with E-state index in [0.29, 0.717) is 19.0 Å². The number of nitro groups is 1. The Hall–Kier alpha value is -3.98. The van der Waals surface area contributed by atoms with Gasteiger partial charge in [0.25, 0.3) is 5.69 Å². The van der Waals surface area contributed by atoms with E-state index >= 15 is 0 Å². The molecule has 3 amide bonds. The van der Waals surface area contributed by atoms with Crippen LogP contribution in [0.15, 0.2) is 24.3 Å². The van der Waals surface area contributed by atoms with Crippen LogP contribution in [0.2, 0.25) is 0 Å². The number of rotatable bonds is 7. The Balaban J connectivity index is 0.000000310. The molecule has 0 spiro atoms. The number of nitro benzene ring substituents is 1. The first-order valence-electron chi connectivity index (χ1n) is 17.6. The summed E-state index contributed by atoms with van der Waals surface area (Å²) in [6.45, 7) is 20.7. The number of nitrogens with zero attached hydrogens (tertiary/aromatic N) is 3. The molecule has 2 aliphatic heterocycles. The van der Waals surface area contributed by atoms with Crippen molar-refractivity contribution in [3.63, 3.8) is 0 Å². The van der Waals surface area contributed by atoms with Gasteiger partial charge in [-0.05, 0) is 45.6 Å². The van der Waals surface area contributed by atoms with Crippen LogP contribution in [0.5, 0.6) is 5.75 Å². The van der Waals surface area contributed by atoms with E-state index in [4.69, 9.17) is 19.9 Å². The van der Waals surface area contributed by atoms with Crippen LogP contribution in [-0.4, -0.2) is 96.0 Å². The summed E-state index contributed by atoms with van der Waals surface area (Å²) in [7, 11) is 2.67. The first kappa shape index (κ1) is 43.4. The molecular weight excluding hydrogens is 710 g/mol. The van der Waals surface area contributed by atoms with Gasteiger partial charge in [0.05, 0.1) is 25.2 Å². The van der Waals surface area contributed by atoms with Gasteiger partial charge in [-0.15, -0.1) is 12.4 Å². The van der Waals surface area contributed by atoms with E-state index in [9.17, 15) is 34.1 Å². The summed E-state index contributed by atoms with van der Waals surface area (Å²) in [5.74, 6) is -0.407. The predicted octanol–water partition coefficient (Wildman–Crippen LogP) is 4.19. The van der Waals surface area contributed by atoms with Crippen molar-refractivity contribution >= 4 is 47.9 Å². The Morgan fingerprint density at radius 2 is 1.23 bits per heavy atom. The summed E-state index contributed by atoms with van der Waals surface area (Å²) in [6, 6.07) is 2.31. The van der Waals surface area contributed by atoms with Gasteiger partial charge in [0.1, 0.15) is 23.9 Å². The molecule has 4 fully saturated rings. The number of piperidine rings is 2. The van der Waals surface area contributed by atoms with Gasteiger partial charge in [-0.25, -0.2) is 14.4 Å². The maximum absolute atomic E-state index is 13.5. The number of methoxy groups -OCH3 is 2. The summed E-state index contributed by atoms with van der Waals surface area (Å²) < 4.78 is 15.1. The third-order valence-corrected chi connectivity index (χ3v) is 11.7. The number of fused-ring (bicyclic) bond motifs is 2. The standard InChI is InChI=1S/C22H29N3O7.C15H26N2O3.ClH/c1-21(2,3)17(23-20(28)32-13-9-7-12(8-10-13)25(29)30)18(26)24-11-14-15(22(14,4)5)16(24)19(27)31-6;1-14(2,3)11(16)12(18)17-7-8-9(15(8,4)5)10(17)13(19)20-6;/h7-10,14-17H,11H2,1-6H3,(H,23,28);8-11H,7,16H2,1-6H3;1H/t14-,15-,16-,17+;8-,9-,10-,11+;/m00./s1. The maximum atomic E-state index is 13.5. The minimum Gasteiger partial charge on any atom is -0.467 e. The summed E-state index contributed by atoms with van der Waals surface area (Å²) >= 11 is 0. The average molecular weight is 766 g/mol. The van der Waals surface area contributed by atoms with Crippen LogP contribution in [0.25, 0.3) is 0 Å². The molecule has 15 nitrogen and oxygen atoms in total. The SMILES string of the molecule is COC(=O)[C@@H]1[C@@H]2[C@H](CN1C(=O)[C@@H](N)C(C)(C)C)C2(C)C.COC(=O)[C@@H]1[C@@H]2[C@H](CN1C(=O)[C@@H](NC(=O)Oc1ccc([N+](=O)[O-])cc1)C(C)(C)C)C2(C)C.Cl. The van der Waals surface area contributed by atoms with E-state index in [0.717, 1.165) is 0 Å². The minimum absolute atomic E-state index is 0. The highest BCUT2D eigenvalue weighted by molar-refractivity contribution is 5.92. The number of hydrogen-bond acceptors (Lipinski definition) is 11. The fourth-order valence-electron chi connectivity index (χ4n) is 8.06. The number of nitrogens with two attached hydrogens (primary N) is 1. The van der Waals surface area contributed by atoms with Crippen LogP contribution in [0, 0.1) is 55.4 Å². The number of amides is 3. The number of halogens is 1. The van der Waals surface area contributed by atoms with Crippen LogP contribution in [-0.2, 0) is 28.7 Å². The third kappa shape index (κ3) is 8.40. The molecule has 1 aromatic carbocycles. The van der Waals surface area contributed by atoms with Gasteiger partial charge in [0, 0.05) is 37.1 Å². The van der Waals surface area contributed by atoms with Crippen LogP contribution < -0.4 is 15.8 Å². The van der Waals surface area contributed by atoms with Crippen molar-refractivity contribution in [2.45, 2.75) is 93.4 Å². The highest BCUT2D eigenvalue weighted by Crippen LogP contribution is 2.66. The number of esters is 2. The van der Waals surface area contributed by atoms with Gasteiger partial charge in [-0.1, -0.05) is 69.2 Å². The molecule has 2 aliphatic carbocycles. The highest BCUT2D eigenvalue weighted by Gasteiger charge is 2.71. The molecule has 16 heteroatoms. The van der Waals surface area contributed by atoms with E-state index in [-0.39, 0.29) is 75.6 Å². The Morgan fingerprint density at radius 3 is 1.58 bits per heavy atom. The van der Waals surface area contributed by atoms with Crippen molar-refractivity contribution in [3.8, 4) is 5.75 Å². The topological polar surface area (TPSA) is 201 Å². The van der Waals surface area contributed by atoms with Crippen molar-refractivity contribution in [1.82, 2.24) is 15.1 Å². The molecule has 2 heterocycles. The molecular formula is C37H56ClN5O10. The van der Waals surface area contributed by atoms with Crippen LogP contribution in [0.4, 0.5) is 10.5 Å². The number of nitrogens with one attached hydrogen (secondary N) is 1. The number of carbonyl (C=O) groups excluding carboxylic acids is 5. The second kappa shape index (κ2) is 15.0. The zero-order valence-corrected chi connectivity index (χ0v) is 33.6. The zero-order chi connectivity index (χ0) is 39.5. The largest absolute Gasteiger partial charge is 0.467 e. The number of ether oxygens (including phenoxy) is 3. The second-order valence-electron chi connectivity index (χ2n) is 17.8. The number of hydrogen-bond donors (Lipinski definition) is 2. The van der Waals surface area contributed by atoms with Gasteiger partial charge in [-0.2, -0.15) is 0 Å². The molecule has 5 rings (SSSR count). The van der Waals surface area contributed by atoms with Gasteiger partial charge >= 0.3 is 18.0 Å². The highest BCUT2D eigenvalue weighted by atomic mass is 35.5. The number of likely N-dealkylation sites (tertiary alicyclic amines) is 2. The summed E-state index contributed by atoms with van der Waals surface area (Å²) in [5, 5.41) is 13.4. The lowest BCUT2D eigenvalue weighted by atomic mass is 9.85. The van der Waals surface area contributed by atoms with E-state index in [1.165, 1.54) is 43.4 Å². The van der Waals surface area contributed by atoms with E-state index < -0.39 is 46.6 Å². The summed E-state index contributed by atoms with van der Waals surface area (Å²) in [6.07, 6.45) is -0.869. The molecule has 8 atom stereocenters. The molecule has 0 radical (unpaired) electrons. The first-order chi connectivity index (χ1) is 23.8. The average Bonchev–Trinajstić information content (AvgIpc) is 3.53. The minimum atomic E-state index is -0.958. The molecule has 0 unspecified atom stereocenters. The fourth-order valence-corrected chi connectivity index (χ4v) is 8.06. The van der Waals surface area contributed by atoms with Crippen LogP contribution in [0.3, 0.4) is 0 Å².